The number of rotatable bonds is 4. The van der Waals surface area contributed by atoms with E-state index in [9.17, 15) is 8.42 Å². The molecule has 0 saturated carbocycles. The average molecular weight is 366 g/mol. The number of sulfone groups is 1. The van der Waals surface area contributed by atoms with E-state index in [0.717, 1.165) is 0 Å². The maximum atomic E-state index is 12.5. The molecule has 0 saturated heterocycles. The lowest BCUT2D eigenvalue weighted by Crippen LogP contribution is -2.07. The number of halogens is 1. The van der Waals surface area contributed by atoms with Gasteiger partial charge in [-0.1, -0.05) is 12.1 Å². The third-order valence-corrected chi connectivity index (χ3v) is 5.60. The van der Waals surface area contributed by atoms with Crippen LogP contribution in [0.1, 0.15) is 11.1 Å². The zero-order valence-electron chi connectivity index (χ0n) is 11.2. The molecule has 21 heavy (non-hydrogen) atoms. The van der Waals surface area contributed by atoms with Crippen molar-refractivity contribution in [3.8, 4) is 11.8 Å². The van der Waals surface area contributed by atoms with Crippen molar-refractivity contribution in [1.82, 2.24) is 0 Å². The first-order valence-electron chi connectivity index (χ1n) is 6.02. The van der Waals surface area contributed by atoms with Crippen molar-refractivity contribution in [2.75, 3.05) is 7.11 Å². The van der Waals surface area contributed by atoms with Crippen molar-refractivity contribution in [3.05, 3.63) is 58.1 Å². The Morgan fingerprint density at radius 1 is 1.24 bits per heavy atom. The Labute approximate surface area is 132 Å². The van der Waals surface area contributed by atoms with Gasteiger partial charge < -0.3 is 4.74 Å². The lowest BCUT2D eigenvalue weighted by Gasteiger charge is -2.10. The molecule has 0 aliphatic rings. The van der Waals surface area contributed by atoms with Crippen LogP contribution < -0.4 is 4.74 Å². The van der Waals surface area contributed by atoms with Gasteiger partial charge in [0.1, 0.15) is 5.75 Å². The maximum Gasteiger partial charge on any atom is 0.183 e. The fourth-order valence-electron chi connectivity index (χ4n) is 1.94. The Kier molecular flexibility index (Phi) is 4.66. The topological polar surface area (TPSA) is 67.2 Å². The number of hydrogen-bond acceptors (Lipinski definition) is 4. The van der Waals surface area contributed by atoms with E-state index < -0.39 is 9.84 Å². The standard InChI is InChI=1S/C15H12BrNO3S/c1-20-14-7-6-11(9-17)8-12(14)10-21(18,19)15-5-3-2-4-13(15)16/h2-8H,10H2,1H3. The minimum atomic E-state index is -3.54. The van der Waals surface area contributed by atoms with Crippen LogP contribution in [0.3, 0.4) is 0 Å². The second kappa shape index (κ2) is 6.29. The van der Waals surface area contributed by atoms with E-state index in [-0.39, 0.29) is 10.6 Å². The van der Waals surface area contributed by atoms with Crippen LogP contribution in [0.5, 0.6) is 5.75 Å². The van der Waals surface area contributed by atoms with Crippen LogP contribution in [0, 0.1) is 11.3 Å². The summed E-state index contributed by atoms with van der Waals surface area (Å²) in [6.07, 6.45) is 0. The van der Waals surface area contributed by atoms with Crippen LogP contribution in [0.2, 0.25) is 0 Å². The number of benzene rings is 2. The molecule has 0 atom stereocenters. The first kappa shape index (κ1) is 15.5. The highest BCUT2D eigenvalue weighted by atomic mass is 79.9. The maximum absolute atomic E-state index is 12.5. The normalized spacial score (nSPS) is 10.9. The molecule has 0 N–H and O–H groups in total. The summed E-state index contributed by atoms with van der Waals surface area (Å²) in [7, 11) is -2.07. The minimum Gasteiger partial charge on any atom is -0.496 e. The van der Waals surface area contributed by atoms with E-state index in [4.69, 9.17) is 10.00 Å². The molecule has 2 rings (SSSR count). The number of nitrogens with zero attached hydrogens (tertiary/aromatic N) is 1. The van der Waals surface area contributed by atoms with Gasteiger partial charge in [0, 0.05) is 10.0 Å². The fraction of sp³-hybridized carbons (Fsp3) is 0.133. The van der Waals surface area contributed by atoms with E-state index in [1.54, 1.807) is 36.4 Å². The van der Waals surface area contributed by atoms with Crippen LogP contribution in [-0.4, -0.2) is 15.5 Å². The van der Waals surface area contributed by atoms with Crippen molar-refractivity contribution in [2.45, 2.75) is 10.6 Å². The van der Waals surface area contributed by atoms with Gasteiger partial charge in [-0.05, 0) is 46.3 Å². The third kappa shape index (κ3) is 3.43. The number of nitriles is 1. The lowest BCUT2D eigenvalue weighted by atomic mass is 10.1. The summed E-state index contributed by atoms with van der Waals surface area (Å²) in [5.74, 6) is 0.221. The van der Waals surface area contributed by atoms with Gasteiger partial charge in [-0.15, -0.1) is 0 Å². The summed E-state index contributed by atoms with van der Waals surface area (Å²) in [5, 5.41) is 8.94. The van der Waals surface area contributed by atoms with Crippen molar-refractivity contribution < 1.29 is 13.2 Å². The zero-order chi connectivity index (χ0) is 15.5. The predicted molar refractivity (Wildman–Crippen MR) is 82.7 cm³/mol. The molecule has 2 aromatic carbocycles. The van der Waals surface area contributed by atoms with Crippen molar-refractivity contribution >= 4 is 25.8 Å². The van der Waals surface area contributed by atoms with E-state index >= 15 is 0 Å². The molecule has 108 valence electrons. The number of ether oxygens (including phenoxy) is 1. The average Bonchev–Trinajstić information content (AvgIpc) is 2.47. The second-order valence-electron chi connectivity index (χ2n) is 4.33. The Morgan fingerprint density at radius 2 is 1.95 bits per heavy atom. The molecule has 0 spiro atoms. The van der Waals surface area contributed by atoms with Gasteiger partial charge in [0.15, 0.2) is 9.84 Å². The molecule has 4 nitrogen and oxygen atoms in total. The van der Waals surface area contributed by atoms with Gasteiger partial charge in [0.05, 0.1) is 29.4 Å². The van der Waals surface area contributed by atoms with Gasteiger partial charge >= 0.3 is 0 Å². The van der Waals surface area contributed by atoms with Crippen LogP contribution >= 0.6 is 15.9 Å². The van der Waals surface area contributed by atoms with Gasteiger partial charge in [-0.2, -0.15) is 5.26 Å². The van der Waals surface area contributed by atoms with Crippen LogP contribution in [0.4, 0.5) is 0 Å². The summed E-state index contributed by atoms with van der Waals surface area (Å²) in [4.78, 5) is 0.217. The molecule has 0 heterocycles. The highest BCUT2D eigenvalue weighted by molar-refractivity contribution is 9.10. The van der Waals surface area contributed by atoms with E-state index in [1.165, 1.54) is 13.2 Å². The Morgan fingerprint density at radius 3 is 2.57 bits per heavy atom. The predicted octanol–water partition coefficient (Wildman–Crippen LogP) is 3.30. The molecule has 2 aromatic rings. The highest BCUT2D eigenvalue weighted by Gasteiger charge is 2.20. The smallest absolute Gasteiger partial charge is 0.183 e. The highest BCUT2D eigenvalue weighted by Crippen LogP contribution is 2.28. The van der Waals surface area contributed by atoms with Gasteiger partial charge in [0.25, 0.3) is 0 Å². The number of methoxy groups -OCH3 is 1. The summed E-state index contributed by atoms with van der Waals surface area (Å²) in [5.41, 5.74) is 0.862. The van der Waals surface area contributed by atoms with Crippen molar-refractivity contribution in [3.63, 3.8) is 0 Å². The van der Waals surface area contributed by atoms with Gasteiger partial charge in [0.2, 0.25) is 0 Å². The van der Waals surface area contributed by atoms with E-state index in [1.807, 2.05) is 6.07 Å². The monoisotopic (exact) mass is 365 g/mol. The SMILES string of the molecule is COc1ccc(C#N)cc1CS(=O)(=O)c1ccccc1Br. The quantitative estimate of drug-likeness (QED) is 0.833. The van der Waals surface area contributed by atoms with Crippen molar-refractivity contribution in [2.24, 2.45) is 0 Å². The summed E-state index contributed by atoms with van der Waals surface area (Å²) in [6.45, 7) is 0. The molecule has 6 heteroatoms. The lowest BCUT2D eigenvalue weighted by molar-refractivity contribution is 0.411. The first-order valence-corrected chi connectivity index (χ1v) is 8.47. The Balaban J connectivity index is 2.46. The molecule has 0 bridgehead atoms. The van der Waals surface area contributed by atoms with E-state index in [0.29, 0.717) is 21.3 Å². The van der Waals surface area contributed by atoms with Crippen molar-refractivity contribution in [1.29, 1.82) is 5.26 Å². The molecular weight excluding hydrogens is 354 g/mol. The molecule has 0 aliphatic heterocycles. The van der Waals surface area contributed by atoms with Gasteiger partial charge in [-0.25, -0.2) is 8.42 Å². The van der Waals surface area contributed by atoms with Crippen LogP contribution in [0.15, 0.2) is 51.8 Å². The zero-order valence-corrected chi connectivity index (χ0v) is 13.6. The molecule has 0 fully saturated rings. The Bertz CT molecular complexity index is 810. The summed E-state index contributed by atoms with van der Waals surface area (Å²) in [6, 6.07) is 13.4. The summed E-state index contributed by atoms with van der Waals surface area (Å²) >= 11 is 3.25. The fourth-order valence-corrected chi connectivity index (χ4v) is 4.41. The molecular formula is C15H12BrNO3S. The number of hydrogen-bond donors (Lipinski definition) is 0. The Hall–Kier alpha value is -1.84. The largest absolute Gasteiger partial charge is 0.496 e. The second-order valence-corrected chi connectivity index (χ2v) is 7.14. The molecule has 0 aromatic heterocycles. The molecule has 0 unspecified atom stereocenters. The first-order chi connectivity index (χ1) is 9.97. The minimum absolute atomic E-state index is 0.217. The van der Waals surface area contributed by atoms with Gasteiger partial charge in [-0.3, -0.25) is 0 Å². The van der Waals surface area contributed by atoms with E-state index in [2.05, 4.69) is 15.9 Å². The van der Waals surface area contributed by atoms with Crippen LogP contribution in [-0.2, 0) is 15.6 Å². The van der Waals surface area contributed by atoms with Crippen LogP contribution in [0.25, 0.3) is 0 Å². The third-order valence-electron chi connectivity index (χ3n) is 2.93. The summed E-state index contributed by atoms with van der Waals surface area (Å²) < 4.78 is 30.7. The molecule has 0 aliphatic carbocycles. The molecule has 0 radical (unpaired) electrons. The molecule has 0 amide bonds.